The van der Waals surface area contributed by atoms with Gasteiger partial charge in [-0.05, 0) is 25.1 Å². The van der Waals surface area contributed by atoms with Crippen LogP contribution in [0.4, 0.5) is 5.69 Å². The molecule has 102 valence electrons. The van der Waals surface area contributed by atoms with Crippen molar-refractivity contribution in [2.24, 2.45) is 7.05 Å². The molecule has 0 saturated carbocycles. The van der Waals surface area contributed by atoms with Crippen LogP contribution in [0.15, 0.2) is 41.2 Å². The molecule has 1 heterocycles. The van der Waals surface area contributed by atoms with Crippen LogP contribution >= 0.6 is 0 Å². The number of para-hydroxylation sites is 1. The summed E-state index contributed by atoms with van der Waals surface area (Å²) in [6.45, 7) is 1.43. The van der Waals surface area contributed by atoms with Crippen LogP contribution in [0.3, 0.4) is 0 Å². The van der Waals surface area contributed by atoms with E-state index in [1.54, 1.807) is 24.3 Å². The molecule has 0 aliphatic rings. The molecule has 0 saturated heterocycles. The molecule has 0 bridgehead atoms. The van der Waals surface area contributed by atoms with Crippen LogP contribution in [0.1, 0.15) is 27.8 Å². The lowest BCUT2D eigenvalue weighted by atomic mass is 10.1. The molecule has 1 N–H and O–H groups in total. The van der Waals surface area contributed by atoms with Crippen LogP contribution in [0, 0.1) is 0 Å². The maximum Gasteiger partial charge on any atom is 0.276 e. The van der Waals surface area contributed by atoms with Gasteiger partial charge < -0.3 is 5.32 Å². The lowest BCUT2D eigenvalue weighted by Crippen LogP contribution is -2.24. The Balaban J connectivity index is 2.30. The molecule has 1 amide bonds. The highest BCUT2D eigenvalue weighted by atomic mass is 16.2. The number of nitrogens with one attached hydrogen (secondary N) is 1. The summed E-state index contributed by atoms with van der Waals surface area (Å²) >= 11 is 0. The van der Waals surface area contributed by atoms with E-state index in [0.717, 1.165) is 4.68 Å². The number of carbonyl (C=O) groups is 2. The van der Waals surface area contributed by atoms with E-state index < -0.39 is 5.91 Å². The van der Waals surface area contributed by atoms with E-state index in [2.05, 4.69) is 10.4 Å². The Bertz CT molecular complexity index is 734. The van der Waals surface area contributed by atoms with Crippen LogP contribution in [0.25, 0.3) is 0 Å². The van der Waals surface area contributed by atoms with Crippen molar-refractivity contribution >= 4 is 17.4 Å². The molecule has 6 nitrogen and oxygen atoms in total. The molecule has 0 unspecified atom stereocenters. The molecular weight excluding hydrogens is 258 g/mol. The molecule has 20 heavy (non-hydrogen) atoms. The Morgan fingerprint density at radius 1 is 1.15 bits per heavy atom. The minimum absolute atomic E-state index is 0.102. The zero-order chi connectivity index (χ0) is 14.7. The first-order valence-corrected chi connectivity index (χ1v) is 5.94. The van der Waals surface area contributed by atoms with E-state index in [-0.39, 0.29) is 17.0 Å². The van der Waals surface area contributed by atoms with Crippen molar-refractivity contribution < 1.29 is 9.59 Å². The Hall–Kier alpha value is -2.76. The standard InChI is InChI=1S/C14H13N3O3/c1-9(18)10-5-3-4-6-11(10)15-14(20)12-7-8-13(19)17(2)16-12/h3-8H,1-2H3,(H,15,20). The first kappa shape index (κ1) is 13.7. The summed E-state index contributed by atoms with van der Waals surface area (Å²) in [4.78, 5) is 34.7. The Kier molecular flexibility index (Phi) is 3.74. The maximum atomic E-state index is 12.1. The third kappa shape index (κ3) is 2.80. The third-order valence-corrected chi connectivity index (χ3v) is 2.75. The minimum atomic E-state index is -0.477. The van der Waals surface area contributed by atoms with Crippen molar-refractivity contribution in [1.82, 2.24) is 9.78 Å². The summed E-state index contributed by atoms with van der Waals surface area (Å²) < 4.78 is 1.08. The average Bonchev–Trinajstić information content (AvgIpc) is 2.42. The average molecular weight is 271 g/mol. The fraction of sp³-hybridized carbons (Fsp3) is 0.143. The Labute approximate surface area is 115 Å². The van der Waals surface area contributed by atoms with Crippen molar-refractivity contribution in [3.8, 4) is 0 Å². The zero-order valence-corrected chi connectivity index (χ0v) is 11.1. The molecule has 2 aromatic rings. The maximum absolute atomic E-state index is 12.1. The smallest absolute Gasteiger partial charge is 0.276 e. The van der Waals surface area contributed by atoms with Crippen molar-refractivity contribution in [2.75, 3.05) is 5.32 Å². The highest BCUT2D eigenvalue weighted by Crippen LogP contribution is 2.16. The molecule has 1 aromatic carbocycles. The molecule has 0 aliphatic carbocycles. The number of nitrogens with zero attached hydrogens (tertiary/aromatic N) is 2. The molecule has 0 fully saturated rings. The van der Waals surface area contributed by atoms with Crippen LogP contribution in [0.5, 0.6) is 0 Å². The van der Waals surface area contributed by atoms with Crippen LogP contribution < -0.4 is 10.9 Å². The van der Waals surface area contributed by atoms with Gasteiger partial charge in [0, 0.05) is 18.7 Å². The number of hydrogen-bond donors (Lipinski definition) is 1. The zero-order valence-electron chi connectivity index (χ0n) is 11.1. The Morgan fingerprint density at radius 2 is 1.85 bits per heavy atom. The van der Waals surface area contributed by atoms with Gasteiger partial charge >= 0.3 is 0 Å². The number of aromatic nitrogens is 2. The molecule has 0 aliphatic heterocycles. The summed E-state index contributed by atoms with van der Waals surface area (Å²) in [6, 6.07) is 9.31. The van der Waals surface area contributed by atoms with Crippen molar-refractivity contribution in [3.05, 3.63) is 58.0 Å². The quantitative estimate of drug-likeness (QED) is 0.851. The second kappa shape index (κ2) is 5.48. The molecule has 2 rings (SSSR count). The second-order valence-corrected chi connectivity index (χ2v) is 4.24. The SMILES string of the molecule is CC(=O)c1ccccc1NC(=O)c1ccc(=O)n(C)n1. The van der Waals surface area contributed by atoms with Gasteiger partial charge in [-0.15, -0.1) is 0 Å². The molecule has 6 heteroatoms. The van der Waals surface area contributed by atoms with Gasteiger partial charge in [-0.1, -0.05) is 12.1 Å². The molecule has 0 atom stereocenters. The monoisotopic (exact) mass is 271 g/mol. The van der Waals surface area contributed by atoms with Gasteiger partial charge in [0.25, 0.3) is 11.5 Å². The fourth-order valence-corrected chi connectivity index (χ4v) is 1.71. The molecule has 1 aromatic heterocycles. The summed E-state index contributed by atoms with van der Waals surface area (Å²) in [5, 5.41) is 6.47. The number of aryl methyl sites for hydroxylation is 1. The van der Waals surface area contributed by atoms with E-state index in [9.17, 15) is 14.4 Å². The van der Waals surface area contributed by atoms with Gasteiger partial charge in [-0.3, -0.25) is 14.4 Å². The number of carbonyl (C=O) groups excluding carboxylic acids is 2. The number of hydrogen-bond acceptors (Lipinski definition) is 4. The van der Waals surface area contributed by atoms with E-state index >= 15 is 0 Å². The third-order valence-electron chi connectivity index (χ3n) is 2.75. The summed E-state index contributed by atoms with van der Waals surface area (Å²) in [5.74, 6) is -0.622. The van der Waals surface area contributed by atoms with Gasteiger partial charge in [0.2, 0.25) is 0 Å². The van der Waals surface area contributed by atoms with Crippen molar-refractivity contribution in [3.63, 3.8) is 0 Å². The number of Topliss-reactive ketones (excluding diaryl/α,β-unsaturated/α-hetero) is 1. The first-order valence-electron chi connectivity index (χ1n) is 5.94. The number of anilines is 1. The van der Waals surface area contributed by atoms with Gasteiger partial charge in [-0.2, -0.15) is 5.10 Å². The highest BCUT2D eigenvalue weighted by Gasteiger charge is 2.12. The number of rotatable bonds is 3. The van der Waals surface area contributed by atoms with Gasteiger partial charge in [-0.25, -0.2) is 4.68 Å². The number of ketones is 1. The van der Waals surface area contributed by atoms with Crippen LogP contribution in [0.2, 0.25) is 0 Å². The fourth-order valence-electron chi connectivity index (χ4n) is 1.71. The minimum Gasteiger partial charge on any atom is -0.320 e. The van der Waals surface area contributed by atoms with Gasteiger partial charge in [0.05, 0.1) is 5.69 Å². The topological polar surface area (TPSA) is 81.1 Å². The van der Waals surface area contributed by atoms with E-state index in [4.69, 9.17) is 0 Å². The molecule has 0 spiro atoms. The van der Waals surface area contributed by atoms with E-state index in [1.807, 2.05) is 0 Å². The number of amides is 1. The largest absolute Gasteiger partial charge is 0.320 e. The lowest BCUT2D eigenvalue weighted by molar-refractivity contribution is 0.101. The second-order valence-electron chi connectivity index (χ2n) is 4.24. The molecular formula is C14H13N3O3. The highest BCUT2D eigenvalue weighted by molar-refractivity contribution is 6.08. The predicted octanol–water partition coefficient (Wildman–Crippen LogP) is 1.24. The summed E-state index contributed by atoms with van der Waals surface area (Å²) in [6.07, 6.45) is 0. The van der Waals surface area contributed by atoms with Crippen LogP contribution in [-0.4, -0.2) is 21.5 Å². The normalized spacial score (nSPS) is 10.1. The summed E-state index contributed by atoms with van der Waals surface area (Å²) in [5.41, 5.74) is 0.641. The van der Waals surface area contributed by atoms with Crippen LogP contribution in [-0.2, 0) is 7.05 Å². The number of benzene rings is 1. The first-order chi connectivity index (χ1) is 9.49. The van der Waals surface area contributed by atoms with E-state index in [1.165, 1.54) is 26.1 Å². The molecule has 0 radical (unpaired) electrons. The van der Waals surface area contributed by atoms with E-state index in [0.29, 0.717) is 11.3 Å². The van der Waals surface area contributed by atoms with Crippen molar-refractivity contribution in [2.45, 2.75) is 6.92 Å². The van der Waals surface area contributed by atoms with Crippen molar-refractivity contribution in [1.29, 1.82) is 0 Å². The predicted molar refractivity (Wildman–Crippen MR) is 73.9 cm³/mol. The lowest BCUT2D eigenvalue weighted by Gasteiger charge is -2.08. The summed E-state index contributed by atoms with van der Waals surface area (Å²) in [7, 11) is 1.46. The Morgan fingerprint density at radius 3 is 2.50 bits per heavy atom. The van der Waals surface area contributed by atoms with Gasteiger partial charge in [0.15, 0.2) is 5.78 Å². The van der Waals surface area contributed by atoms with Gasteiger partial charge in [0.1, 0.15) is 5.69 Å².